The van der Waals surface area contributed by atoms with Crippen LogP contribution in [0.1, 0.15) is 31.9 Å². The number of hydrogen-bond acceptors (Lipinski definition) is 5. The van der Waals surface area contributed by atoms with Crippen LogP contribution in [0.4, 0.5) is 5.95 Å². The minimum Gasteiger partial charge on any atom is -0.374 e. The first kappa shape index (κ1) is 13.2. The van der Waals surface area contributed by atoms with Crippen LogP contribution in [0.25, 0.3) is 0 Å². The van der Waals surface area contributed by atoms with Crippen molar-refractivity contribution in [3.63, 3.8) is 0 Å². The molecule has 1 aromatic rings. The Hall–Kier alpha value is -1.20. The summed E-state index contributed by atoms with van der Waals surface area (Å²) in [5.41, 5.74) is 6.66. The minimum absolute atomic E-state index is 0.204. The average Bonchev–Trinajstić information content (AvgIpc) is 2.39. The van der Waals surface area contributed by atoms with E-state index in [1.54, 1.807) is 0 Å². The predicted octanol–water partition coefficient (Wildman–Crippen LogP) is 1.15. The molecule has 0 aromatic carbocycles. The summed E-state index contributed by atoms with van der Waals surface area (Å²) < 4.78 is 5.67. The highest BCUT2D eigenvalue weighted by atomic mass is 16.5. The van der Waals surface area contributed by atoms with E-state index >= 15 is 0 Å². The van der Waals surface area contributed by atoms with Crippen molar-refractivity contribution >= 4 is 5.95 Å². The molecule has 0 aliphatic carbocycles. The summed E-state index contributed by atoms with van der Waals surface area (Å²) in [4.78, 5) is 11.2. The monoisotopic (exact) mass is 250 g/mol. The van der Waals surface area contributed by atoms with Crippen molar-refractivity contribution in [2.75, 3.05) is 31.1 Å². The van der Waals surface area contributed by atoms with Gasteiger partial charge in [0.1, 0.15) is 0 Å². The molecule has 0 radical (unpaired) electrons. The molecular formula is C13H22N4O. The molecule has 0 saturated carbocycles. The molecule has 0 spiro atoms. The summed E-state index contributed by atoms with van der Waals surface area (Å²) in [6, 6.07) is 1.98. The van der Waals surface area contributed by atoms with Gasteiger partial charge in [0.15, 0.2) is 0 Å². The molecule has 2 rings (SSSR count). The number of ether oxygens (including phenoxy) is 1. The van der Waals surface area contributed by atoms with Crippen LogP contribution >= 0.6 is 0 Å². The lowest BCUT2D eigenvalue weighted by atomic mass is 10.1. The van der Waals surface area contributed by atoms with E-state index in [9.17, 15) is 0 Å². The predicted molar refractivity (Wildman–Crippen MR) is 71.7 cm³/mol. The summed E-state index contributed by atoms with van der Waals surface area (Å²) in [6.07, 6.45) is 2.93. The molecule has 1 atom stereocenters. The van der Waals surface area contributed by atoms with Gasteiger partial charge in [-0.05, 0) is 24.9 Å². The number of anilines is 1. The van der Waals surface area contributed by atoms with Gasteiger partial charge in [-0.2, -0.15) is 0 Å². The van der Waals surface area contributed by atoms with E-state index in [-0.39, 0.29) is 6.10 Å². The van der Waals surface area contributed by atoms with Gasteiger partial charge in [-0.1, -0.05) is 13.8 Å². The van der Waals surface area contributed by atoms with Gasteiger partial charge in [0, 0.05) is 25.0 Å². The summed E-state index contributed by atoms with van der Waals surface area (Å²) in [5, 5.41) is 0. The third-order valence-corrected chi connectivity index (χ3v) is 3.17. The zero-order valence-corrected chi connectivity index (χ0v) is 11.2. The van der Waals surface area contributed by atoms with E-state index in [4.69, 9.17) is 10.5 Å². The molecule has 18 heavy (non-hydrogen) atoms. The molecule has 1 fully saturated rings. The van der Waals surface area contributed by atoms with Gasteiger partial charge in [-0.25, -0.2) is 9.97 Å². The fourth-order valence-electron chi connectivity index (χ4n) is 2.10. The number of aromatic nitrogens is 2. The van der Waals surface area contributed by atoms with Gasteiger partial charge < -0.3 is 15.4 Å². The van der Waals surface area contributed by atoms with E-state index in [1.807, 2.05) is 12.3 Å². The first-order valence-corrected chi connectivity index (χ1v) is 6.60. The van der Waals surface area contributed by atoms with Crippen LogP contribution < -0.4 is 10.6 Å². The molecule has 2 heterocycles. The molecule has 5 nitrogen and oxygen atoms in total. The highest BCUT2D eigenvalue weighted by molar-refractivity contribution is 5.31. The van der Waals surface area contributed by atoms with Crippen LogP contribution in [0.3, 0.4) is 0 Å². The van der Waals surface area contributed by atoms with Gasteiger partial charge in [-0.3, -0.25) is 0 Å². The Bertz CT molecular complexity index is 381. The second kappa shape index (κ2) is 6.11. The highest BCUT2D eigenvalue weighted by Crippen LogP contribution is 2.17. The lowest BCUT2D eigenvalue weighted by Gasteiger charge is -2.33. The lowest BCUT2D eigenvalue weighted by Crippen LogP contribution is -2.44. The van der Waals surface area contributed by atoms with Gasteiger partial charge in [0.05, 0.1) is 12.7 Å². The second-order valence-corrected chi connectivity index (χ2v) is 4.95. The molecular weight excluding hydrogens is 228 g/mol. The van der Waals surface area contributed by atoms with Crippen LogP contribution in [0.2, 0.25) is 0 Å². The molecule has 1 aliphatic rings. The maximum Gasteiger partial charge on any atom is 0.225 e. The second-order valence-electron chi connectivity index (χ2n) is 4.95. The molecule has 100 valence electrons. The number of hydrogen-bond donors (Lipinski definition) is 1. The van der Waals surface area contributed by atoms with Crippen LogP contribution in [-0.2, 0) is 4.74 Å². The normalized spacial score (nSPS) is 20.4. The van der Waals surface area contributed by atoms with Gasteiger partial charge in [0.2, 0.25) is 5.95 Å². The quantitative estimate of drug-likeness (QED) is 0.868. The van der Waals surface area contributed by atoms with Crippen molar-refractivity contribution in [2.24, 2.45) is 5.73 Å². The minimum atomic E-state index is 0.204. The number of nitrogens with zero attached hydrogens (tertiary/aromatic N) is 3. The van der Waals surface area contributed by atoms with E-state index in [1.165, 1.54) is 0 Å². The van der Waals surface area contributed by atoms with E-state index in [0.717, 1.165) is 37.8 Å². The van der Waals surface area contributed by atoms with E-state index in [0.29, 0.717) is 12.5 Å². The van der Waals surface area contributed by atoms with Crippen molar-refractivity contribution in [1.82, 2.24) is 9.97 Å². The Morgan fingerprint density at radius 1 is 1.56 bits per heavy atom. The zero-order chi connectivity index (χ0) is 13.0. The maximum absolute atomic E-state index is 5.67. The third-order valence-electron chi connectivity index (χ3n) is 3.17. The SMILES string of the molecule is CC(C)c1ccnc(N2CCOC(CCN)C2)n1. The largest absolute Gasteiger partial charge is 0.374 e. The molecule has 1 aliphatic heterocycles. The number of morpholine rings is 1. The molecule has 1 aromatic heterocycles. The summed E-state index contributed by atoms with van der Waals surface area (Å²) in [7, 11) is 0. The third kappa shape index (κ3) is 3.17. The fourth-order valence-corrected chi connectivity index (χ4v) is 2.10. The molecule has 0 amide bonds. The maximum atomic E-state index is 5.67. The summed E-state index contributed by atoms with van der Waals surface area (Å²) in [6.45, 7) is 7.35. The standard InChI is InChI=1S/C13H22N4O/c1-10(2)12-4-6-15-13(16-12)17-7-8-18-11(9-17)3-5-14/h4,6,10-11H,3,5,7-9,14H2,1-2H3. The van der Waals surface area contributed by atoms with Crippen molar-refractivity contribution in [3.05, 3.63) is 18.0 Å². The molecule has 2 N–H and O–H groups in total. The molecule has 1 saturated heterocycles. The summed E-state index contributed by atoms with van der Waals surface area (Å²) >= 11 is 0. The number of nitrogens with two attached hydrogens (primary N) is 1. The fraction of sp³-hybridized carbons (Fsp3) is 0.692. The smallest absolute Gasteiger partial charge is 0.225 e. The topological polar surface area (TPSA) is 64.3 Å². The first-order valence-electron chi connectivity index (χ1n) is 6.60. The Labute approximate surface area is 108 Å². The average molecular weight is 250 g/mol. The molecule has 5 heteroatoms. The zero-order valence-electron chi connectivity index (χ0n) is 11.2. The number of rotatable bonds is 4. The van der Waals surface area contributed by atoms with Crippen molar-refractivity contribution in [2.45, 2.75) is 32.3 Å². The van der Waals surface area contributed by atoms with Gasteiger partial charge in [0.25, 0.3) is 0 Å². The Kier molecular flexibility index (Phi) is 4.49. The highest BCUT2D eigenvalue weighted by Gasteiger charge is 2.22. The van der Waals surface area contributed by atoms with Crippen LogP contribution in [-0.4, -0.2) is 42.3 Å². The molecule has 1 unspecified atom stereocenters. The molecule has 0 bridgehead atoms. The van der Waals surface area contributed by atoms with Crippen LogP contribution in [0, 0.1) is 0 Å². The van der Waals surface area contributed by atoms with Gasteiger partial charge >= 0.3 is 0 Å². The van der Waals surface area contributed by atoms with Crippen molar-refractivity contribution < 1.29 is 4.74 Å². The van der Waals surface area contributed by atoms with E-state index in [2.05, 4.69) is 28.7 Å². The van der Waals surface area contributed by atoms with Crippen LogP contribution in [0.15, 0.2) is 12.3 Å². The van der Waals surface area contributed by atoms with Crippen molar-refractivity contribution in [1.29, 1.82) is 0 Å². The summed E-state index contributed by atoms with van der Waals surface area (Å²) in [5.74, 6) is 1.24. The Morgan fingerprint density at radius 2 is 2.39 bits per heavy atom. The van der Waals surface area contributed by atoms with E-state index < -0.39 is 0 Å². The lowest BCUT2D eigenvalue weighted by molar-refractivity contribution is 0.0363. The Balaban J connectivity index is 2.08. The van der Waals surface area contributed by atoms with Crippen molar-refractivity contribution in [3.8, 4) is 0 Å². The Morgan fingerprint density at radius 3 is 3.11 bits per heavy atom. The van der Waals surface area contributed by atoms with Crippen LogP contribution in [0.5, 0.6) is 0 Å². The van der Waals surface area contributed by atoms with Gasteiger partial charge in [-0.15, -0.1) is 0 Å². The first-order chi connectivity index (χ1) is 8.70.